The number of nitrogens with zero attached hydrogens (tertiary/aromatic N) is 4. The van der Waals surface area contributed by atoms with Gasteiger partial charge in [-0.15, -0.1) is 16.4 Å². The second kappa shape index (κ2) is 7.53. The molecule has 1 aliphatic rings. The molecule has 8 nitrogen and oxygen atoms in total. The summed E-state index contributed by atoms with van der Waals surface area (Å²) in [5.41, 5.74) is 0.788. The number of thiophene rings is 1. The van der Waals surface area contributed by atoms with Crippen molar-refractivity contribution in [1.29, 1.82) is 0 Å². The number of aliphatic carboxylic acids is 1. The highest BCUT2D eigenvalue weighted by atomic mass is 32.1. The molecule has 9 heteroatoms. The molecule has 144 valence electrons. The maximum Gasteiger partial charge on any atom is 0.334 e. The zero-order valence-corrected chi connectivity index (χ0v) is 15.9. The zero-order valence-electron chi connectivity index (χ0n) is 15.1. The fourth-order valence-electron chi connectivity index (χ4n) is 3.11. The van der Waals surface area contributed by atoms with E-state index < -0.39 is 18.0 Å². The number of carbonyl (C=O) groups excluding carboxylic acids is 1. The van der Waals surface area contributed by atoms with Crippen LogP contribution in [0.2, 0.25) is 0 Å². The van der Waals surface area contributed by atoms with Crippen molar-refractivity contribution < 1.29 is 19.4 Å². The van der Waals surface area contributed by atoms with Crippen molar-refractivity contribution in [1.82, 2.24) is 19.7 Å². The molecular formula is C19H18N4O4S. The average molecular weight is 398 g/mol. The first-order valence-corrected chi connectivity index (χ1v) is 9.65. The van der Waals surface area contributed by atoms with Crippen molar-refractivity contribution >= 4 is 23.2 Å². The minimum absolute atomic E-state index is 0.0329. The number of hydrogen-bond acceptors (Lipinski definition) is 6. The molecule has 0 aliphatic carbocycles. The molecule has 1 unspecified atom stereocenters. The highest BCUT2D eigenvalue weighted by Crippen LogP contribution is 2.26. The first-order valence-electron chi connectivity index (χ1n) is 8.77. The Bertz CT molecular complexity index is 987. The summed E-state index contributed by atoms with van der Waals surface area (Å²) in [6.07, 6.45) is -1.44. The highest BCUT2D eigenvalue weighted by molar-refractivity contribution is 7.13. The summed E-state index contributed by atoms with van der Waals surface area (Å²) in [4.78, 5) is 31.1. The topological polar surface area (TPSA) is 97.6 Å². The van der Waals surface area contributed by atoms with Gasteiger partial charge < -0.3 is 14.7 Å². The number of carbonyl (C=O) groups is 2. The van der Waals surface area contributed by atoms with Gasteiger partial charge in [-0.2, -0.15) is 0 Å². The number of para-hydroxylation sites is 1. The molecule has 1 N–H and O–H groups in total. The number of ether oxygens (including phenoxy) is 1. The summed E-state index contributed by atoms with van der Waals surface area (Å²) in [6.45, 7) is 1.99. The first-order chi connectivity index (χ1) is 13.5. The monoisotopic (exact) mass is 398 g/mol. The summed E-state index contributed by atoms with van der Waals surface area (Å²) >= 11 is 1.50. The normalized spacial score (nSPS) is 19.5. The molecule has 1 aliphatic heterocycles. The van der Waals surface area contributed by atoms with Crippen LogP contribution in [0.1, 0.15) is 17.5 Å². The van der Waals surface area contributed by atoms with Gasteiger partial charge in [-0.25, -0.2) is 14.5 Å². The van der Waals surface area contributed by atoms with E-state index in [1.54, 1.807) is 11.6 Å². The van der Waals surface area contributed by atoms with Gasteiger partial charge in [0.25, 0.3) is 5.91 Å². The minimum atomic E-state index is -1.09. The molecule has 0 radical (unpaired) electrons. The predicted octanol–water partition coefficient (Wildman–Crippen LogP) is 2.31. The molecule has 0 saturated carbocycles. The van der Waals surface area contributed by atoms with E-state index in [0.29, 0.717) is 5.82 Å². The van der Waals surface area contributed by atoms with E-state index in [9.17, 15) is 14.7 Å². The summed E-state index contributed by atoms with van der Waals surface area (Å²) in [6, 6.07) is 13.3. The Morgan fingerprint density at radius 2 is 1.96 bits per heavy atom. The van der Waals surface area contributed by atoms with Crippen molar-refractivity contribution in [3.63, 3.8) is 0 Å². The molecule has 2 aromatic heterocycles. The van der Waals surface area contributed by atoms with Crippen LogP contribution >= 0.6 is 11.3 Å². The number of hydrogen-bond donors (Lipinski definition) is 1. The third-order valence-electron chi connectivity index (χ3n) is 4.36. The molecule has 28 heavy (non-hydrogen) atoms. The van der Waals surface area contributed by atoms with Gasteiger partial charge in [-0.3, -0.25) is 4.79 Å². The summed E-state index contributed by atoms with van der Waals surface area (Å²) in [5.74, 6) is -0.897. The summed E-state index contributed by atoms with van der Waals surface area (Å²) < 4.78 is 7.02. The van der Waals surface area contributed by atoms with E-state index in [1.807, 2.05) is 47.8 Å². The number of rotatable bonds is 4. The lowest BCUT2D eigenvalue weighted by Gasteiger charge is -2.34. The van der Waals surface area contributed by atoms with E-state index in [0.717, 1.165) is 10.6 Å². The molecule has 3 aromatic rings. The van der Waals surface area contributed by atoms with Crippen molar-refractivity contribution in [3.05, 3.63) is 53.7 Å². The molecular weight excluding hydrogens is 380 g/mol. The van der Waals surface area contributed by atoms with Crippen LogP contribution in [-0.2, 0) is 9.53 Å². The molecule has 0 bridgehead atoms. The molecule has 4 rings (SSSR count). The van der Waals surface area contributed by atoms with Crippen molar-refractivity contribution in [2.75, 3.05) is 13.1 Å². The molecule has 1 amide bonds. The fourth-order valence-corrected chi connectivity index (χ4v) is 3.81. The highest BCUT2D eigenvalue weighted by Gasteiger charge is 2.34. The van der Waals surface area contributed by atoms with Gasteiger partial charge in [0, 0.05) is 6.54 Å². The van der Waals surface area contributed by atoms with Crippen LogP contribution in [0.5, 0.6) is 0 Å². The number of carboxylic acids is 1. The Balaban J connectivity index is 1.70. The zero-order chi connectivity index (χ0) is 19.7. The Kier molecular flexibility index (Phi) is 4.93. The van der Waals surface area contributed by atoms with Crippen LogP contribution in [-0.4, -0.2) is 61.9 Å². The second-order valence-corrected chi connectivity index (χ2v) is 7.42. The van der Waals surface area contributed by atoms with E-state index >= 15 is 0 Å². The molecule has 1 saturated heterocycles. The Labute approximate surface area is 165 Å². The number of aromatic nitrogens is 3. The van der Waals surface area contributed by atoms with Gasteiger partial charge in [0.15, 0.2) is 11.9 Å². The van der Waals surface area contributed by atoms with Gasteiger partial charge >= 0.3 is 5.97 Å². The third kappa shape index (κ3) is 3.54. The Hall–Kier alpha value is -3.04. The molecule has 1 fully saturated rings. The summed E-state index contributed by atoms with van der Waals surface area (Å²) in [5, 5.41) is 15.6. The lowest BCUT2D eigenvalue weighted by atomic mass is 10.2. The average Bonchev–Trinajstić information content (AvgIpc) is 3.37. The maximum absolute atomic E-state index is 13.0. The maximum atomic E-state index is 13.0. The van der Waals surface area contributed by atoms with E-state index in [2.05, 4.69) is 10.1 Å². The molecule has 1 aromatic carbocycles. The summed E-state index contributed by atoms with van der Waals surface area (Å²) in [7, 11) is 0. The van der Waals surface area contributed by atoms with E-state index in [1.165, 1.54) is 16.2 Å². The van der Waals surface area contributed by atoms with Crippen molar-refractivity contribution in [2.45, 2.75) is 19.1 Å². The molecule has 2 atom stereocenters. The lowest BCUT2D eigenvalue weighted by Crippen LogP contribution is -2.52. The third-order valence-corrected chi connectivity index (χ3v) is 5.23. The van der Waals surface area contributed by atoms with Gasteiger partial charge in [0.05, 0.1) is 23.2 Å². The SMILES string of the molecule is C[C@@H]1CN(C(=O)c2nc(-c3cccs3)n(-c3ccccc3)n2)CC(C(=O)O)O1. The number of morpholine rings is 1. The fraction of sp³-hybridized carbons (Fsp3) is 0.263. The largest absolute Gasteiger partial charge is 0.479 e. The van der Waals surface area contributed by atoms with E-state index in [4.69, 9.17) is 4.74 Å². The van der Waals surface area contributed by atoms with Gasteiger partial charge in [-0.1, -0.05) is 24.3 Å². The molecule has 3 heterocycles. The standard InChI is InChI=1S/C19H18N4O4S/c1-12-10-22(11-14(27-12)19(25)26)18(24)16-20-17(15-8-5-9-28-15)23(21-16)13-6-3-2-4-7-13/h2-9,12,14H,10-11H2,1H3,(H,25,26)/t12-,14?/m1/s1. The quantitative estimate of drug-likeness (QED) is 0.724. The Morgan fingerprint density at radius 3 is 2.64 bits per heavy atom. The first kappa shape index (κ1) is 18.3. The smallest absolute Gasteiger partial charge is 0.334 e. The van der Waals surface area contributed by atoms with Crippen molar-refractivity contribution in [3.8, 4) is 16.4 Å². The van der Waals surface area contributed by atoms with Crippen LogP contribution in [0.3, 0.4) is 0 Å². The number of amides is 1. The second-order valence-electron chi connectivity index (χ2n) is 6.47. The minimum Gasteiger partial charge on any atom is -0.479 e. The number of carboxylic acid groups (broad SMARTS) is 1. The molecule has 0 spiro atoms. The van der Waals surface area contributed by atoms with Gasteiger partial charge in [0.1, 0.15) is 0 Å². The predicted molar refractivity (Wildman–Crippen MR) is 103 cm³/mol. The van der Waals surface area contributed by atoms with Crippen LogP contribution in [0.4, 0.5) is 0 Å². The van der Waals surface area contributed by atoms with Crippen LogP contribution in [0.15, 0.2) is 47.8 Å². The lowest BCUT2D eigenvalue weighted by molar-refractivity contribution is -0.160. The van der Waals surface area contributed by atoms with Crippen LogP contribution in [0.25, 0.3) is 16.4 Å². The number of benzene rings is 1. The van der Waals surface area contributed by atoms with Crippen LogP contribution < -0.4 is 0 Å². The van der Waals surface area contributed by atoms with Gasteiger partial charge in [-0.05, 0) is 30.5 Å². The van der Waals surface area contributed by atoms with Crippen molar-refractivity contribution in [2.24, 2.45) is 0 Å². The Morgan fingerprint density at radius 1 is 1.18 bits per heavy atom. The van der Waals surface area contributed by atoms with E-state index in [-0.39, 0.29) is 25.0 Å². The van der Waals surface area contributed by atoms with Gasteiger partial charge in [0.2, 0.25) is 5.82 Å². The van der Waals surface area contributed by atoms with Crippen LogP contribution in [0, 0.1) is 0 Å².